The maximum absolute atomic E-state index is 12.2. The van der Waals surface area contributed by atoms with Gasteiger partial charge in [-0.05, 0) is 30.2 Å². The topological polar surface area (TPSA) is 29.5 Å². The molecular weight excluding hydrogens is 190 g/mol. The molecule has 0 spiro atoms. The molecule has 0 heterocycles. The summed E-state index contributed by atoms with van der Waals surface area (Å²) in [7, 11) is 1.50. The molecule has 0 bridgehead atoms. The van der Waals surface area contributed by atoms with Crippen molar-refractivity contribution in [3.63, 3.8) is 0 Å². The number of aliphatic hydroxyl groups is 1. The lowest BCUT2D eigenvalue weighted by molar-refractivity contribution is -0.00615. The zero-order valence-electron chi connectivity index (χ0n) is 8.00. The Balaban J connectivity index is 2.99. The molecule has 0 aliphatic carbocycles. The summed E-state index contributed by atoms with van der Waals surface area (Å²) in [6, 6.07) is 4.61. The third kappa shape index (κ3) is 2.20. The van der Waals surface area contributed by atoms with Gasteiger partial charge in [-0.15, -0.1) is 0 Å². The Labute approximate surface area is 81.1 Å². The Hall–Kier alpha value is -1.16. The van der Waals surface area contributed by atoms with Crippen LogP contribution in [-0.4, -0.2) is 18.6 Å². The zero-order chi connectivity index (χ0) is 10.7. The Morgan fingerprint density at radius 3 is 2.43 bits per heavy atom. The predicted octanol–water partition coefficient (Wildman–Crippen LogP) is 2.30. The maximum atomic E-state index is 12.2. The van der Waals surface area contributed by atoms with Gasteiger partial charge in [-0.2, -0.15) is 0 Å². The van der Waals surface area contributed by atoms with E-state index in [1.807, 2.05) is 0 Å². The molecule has 0 saturated carbocycles. The van der Waals surface area contributed by atoms with E-state index in [0.29, 0.717) is 11.3 Å². The van der Waals surface area contributed by atoms with Gasteiger partial charge in [-0.1, -0.05) is 6.07 Å². The van der Waals surface area contributed by atoms with E-state index in [4.69, 9.17) is 9.84 Å². The van der Waals surface area contributed by atoms with E-state index in [1.54, 1.807) is 19.1 Å². The number of methoxy groups -OCH3 is 1. The SMILES string of the molecule is COc1ccc(C(O)C(F)F)c(C)c1. The van der Waals surface area contributed by atoms with Crippen LogP contribution in [0, 0.1) is 6.92 Å². The predicted molar refractivity (Wildman–Crippen MR) is 48.7 cm³/mol. The minimum atomic E-state index is -2.76. The van der Waals surface area contributed by atoms with Gasteiger partial charge in [-0.25, -0.2) is 8.78 Å². The van der Waals surface area contributed by atoms with Gasteiger partial charge in [0.05, 0.1) is 7.11 Å². The molecule has 0 aliphatic heterocycles. The molecule has 4 heteroatoms. The highest BCUT2D eigenvalue weighted by Gasteiger charge is 2.20. The number of ether oxygens (including phenoxy) is 1. The van der Waals surface area contributed by atoms with Gasteiger partial charge in [0.15, 0.2) is 0 Å². The standard InChI is InChI=1S/C10H12F2O2/c1-6-5-7(14-2)3-4-8(6)9(13)10(11)12/h3-5,9-10,13H,1-2H3. The highest BCUT2D eigenvalue weighted by molar-refractivity contribution is 5.36. The van der Waals surface area contributed by atoms with E-state index in [0.717, 1.165) is 0 Å². The monoisotopic (exact) mass is 202 g/mol. The Kier molecular flexibility index (Phi) is 3.41. The van der Waals surface area contributed by atoms with Crippen LogP contribution < -0.4 is 4.74 Å². The zero-order valence-corrected chi connectivity index (χ0v) is 8.00. The smallest absolute Gasteiger partial charge is 0.268 e. The second-order valence-electron chi connectivity index (χ2n) is 3.00. The van der Waals surface area contributed by atoms with Crippen LogP contribution in [0.15, 0.2) is 18.2 Å². The van der Waals surface area contributed by atoms with Crippen LogP contribution in [0.3, 0.4) is 0 Å². The number of aryl methyl sites for hydroxylation is 1. The second-order valence-corrected chi connectivity index (χ2v) is 3.00. The van der Waals surface area contributed by atoms with E-state index in [-0.39, 0.29) is 5.56 Å². The fourth-order valence-corrected chi connectivity index (χ4v) is 1.24. The molecule has 0 saturated heterocycles. The molecule has 1 N–H and O–H groups in total. The summed E-state index contributed by atoms with van der Waals surface area (Å²) in [6.07, 6.45) is -4.48. The van der Waals surface area contributed by atoms with Crippen molar-refractivity contribution in [2.45, 2.75) is 19.5 Å². The van der Waals surface area contributed by atoms with Gasteiger partial charge in [0.25, 0.3) is 6.43 Å². The second kappa shape index (κ2) is 4.37. The molecule has 1 rings (SSSR count). The molecule has 0 aromatic heterocycles. The van der Waals surface area contributed by atoms with Crippen LogP contribution in [0.4, 0.5) is 8.78 Å². The Bertz CT molecular complexity index is 313. The minimum absolute atomic E-state index is 0.237. The normalized spacial score (nSPS) is 13.0. The summed E-state index contributed by atoms with van der Waals surface area (Å²) >= 11 is 0. The maximum Gasteiger partial charge on any atom is 0.268 e. The average Bonchev–Trinajstić information content (AvgIpc) is 2.16. The number of hydrogen-bond acceptors (Lipinski definition) is 2. The Morgan fingerprint density at radius 2 is 2.00 bits per heavy atom. The summed E-state index contributed by atoms with van der Waals surface area (Å²) in [5, 5.41) is 9.15. The fourth-order valence-electron chi connectivity index (χ4n) is 1.24. The van der Waals surface area contributed by atoms with Gasteiger partial charge in [-0.3, -0.25) is 0 Å². The van der Waals surface area contributed by atoms with Crippen molar-refractivity contribution in [2.75, 3.05) is 7.11 Å². The Morgan fingerprint density at radius 1 is 1.36 bits per heavy atom. The van der Waals surface area contributed by atoms with E-state index in [1.165, 1.54) is 13.2 Å². The third-order valence-electron chi connectivity index (χ3n) is 2.03. The van der Waals surface area contributed by atoms with Crippen LogP contribution in [0.1, 0.15) is 17.2 Å². The summed E-state index contributed by atoms with van der Waals surface area (Å²) in [5.74, 6) is 0.590. The number of hydrogen-bond donors (Lipinski definition) is 1. The summed E-state index contributed by atoms with van der Waals surface area (Å²) < 4.78 is 29.3. The highest BCUT2D eigenvalue weighted by atomic mass is 19.3. The number of rotatable bonds is 3. The van der Waals surface area contributed by atoms with Gasteiger partial charge in [0.1, 0.15) is 11.9 Å². The molecular formula is C10H12F2O2. The largest absolute Gasteiger partial charge is 0.497 e. The van der Waals surface area contributed by atoms with Crippen molar-refractivity contribution in [1.29, 1.82) is 0 Å². The van der Waals surface area contributed by atoms with Gasteiger partial charge in [0, 0.05) is 0 Å². The van der Waals surface area contributed by atoms with Crippen molar-refractivity contribution in [1.82, 2.24) is 0 Å². The van der Waals surface area contributed by atoms with Crippen molar-refractivity contribution in [3.8, 4) is 5.75 Å². The summed E-state index contributed by atoms with van der Waals surface area (Å²) in [6.45, 7) is 1.66. The van der Waals surface area contributed by atoms with Gasteiger partial charge >= 0.3 is 0 Å². The summed E-state index contributed by atoms with van der Waals surface area (Å²) in [4.78, 5) is 0. The molecule has 1 aromatic carbocycles. The third-order valence-corrected chi connectivity index (χ3v) is 2.03. The molecule has 1 aromatic rings. The quantitative estimate of drug-likeness (QED) is 0.814. The summed E-state index contributed by atoms with van der Waals surface area (Å²) in [5.41, 5.74) is 0.831. The van der Waals surface area contributed by atoms with Gasteiger partial charge < -0.3 is 9.84 Å². The number of benzene rings is 1. The van der Waals surface area contributed by atoms with Crippen LogP contribution in [0.25, 0.3) is 0 Å². The molecule has 78 valence electrons. The molecule has 0 radical (unpaired) electrons. The lowest BCUT2D eigenvalue weighted by Gasteiger charge is -2.13. The lowest BCUT2D eigenvalue weighted by Crippen LogP contribution is -2.09. The van der Waals surface area contributed by atoms with Crippen LogP contribution in [-0.2, 0) is 0 Å². The first-order valence-corrected chi connectivity index (χ1v) is 4.17. The first-order chi connectivity index (χ1) is 6.56. The van der Waals surface area contributed by atoms with Crippen molar-refractivity contribution < 1.29 is 18.6 Å². The van der Waals surface area contributed by atoms with Crippen molar-refractivity contribution >= 4 is 0 Å². The number of aliphatic hydroxyl groups excluding tert-OH is 1. The molecule has 14 heavy (non-hydrogen) atoms. The molecule has 0 aliphatic rings. The first kappa shape index (κ1) is 10.9. The molecule has 0 amide bonds. The first-order valence-electron chi connectivity index (χ1n) is 4.17. The molecule has 0 fully saturated rings. The number of halogens is 2. The van der Waals surface area contributed by atoms with Crippen LogP contribution in [0.2, 0.25) is 0 Å². The van der Waals surface area contributed by atoms with Gasteiger partial charge in [0.2, 0.25) is 0 Å². The molecule has 2 nitrogen and oxygen atoms in total. The van der Waals surface area contributed by atoms with E-state index in [2.05, 4.69) is 0 Å². The van der Waals surface area contributed by atoms with E-state index < -0.39 is 12.5 Å². The highest BCUT2D eigenvalue weighted by Crippen LogP contribution is 2.26. The molecule has 1 unspecified atom stereocenters. The van der Waals surface area contributed by atoms with Crippen molar-refractivity contribution in [2.24, 2.45) is 0 Å². The van der Waals surface area contributed by atoms with Crippen LogP contribution >= 0.6 is 0 Å². The van der Waals surface area contributed by atoms with Crippen molar-refractivity contribution in [3.05, 3.63) is 29.3 Å². The number of alkyl halides is 2. The molecule has 1 atom stereocenters. The fraction of sp³-hybridized carbons (Fsp3) is 0.400. The lowest BCUT2D eigenvalue weighted by atomic mass is 10.0. The minimum Gasteiger partial charge on any atom is -0.497 e. The van der Waals surface area contributed by atoms with E-state index in [9.17, 15) is 8.78 Å². The van der Waals surface area contributed by atoms with E-state index >= 15 is 0 Å². The van der Waals surface area contributed by atoms with Crippen LogP contribution in [0.5, 0.6) is 5.75 Å². The average molecular weight is 202 g/mol.